The van der Waals surface area contributed by atoms with Gasteiger partial charge in [0.05, 0.1) is 11.3 Å². The van der Waals surface area contributed by atoms with Crippen molar-refractivity contribution in [2.45, 2.75) is 6.18 Å². The molecule has 0 aliphatic heterocycles. The Bertz CT molecular complexity index is 747. The smallest absolute Gasteiger partial charge is 0.359 e. The summed E-state index contributed by atoms with van der Waals surface area (Å²) >= 11 is 2.85. The summed E-state index contributed by atoms with van der Waals surface area (Å²) in [4.78, 5) is 0. The second-order valence-corrected chi connectivity index (χ2v) is 4.71. The number of rotatable bonds is 3. The van der Waals surface area contributed by atoms with Crippen LogP contribution in [0.1, 0.15) is 11.4 Å². The summed E-state index contributed by atoms with van der Waals surface area (Å²) in [6.45, 7) is 0. The summed E-state index contributed by atoms with van der Waals surface area (Å²) in [6.07, 6.45) is -3.81. The number of nitriles is 1. The number of aromatic amines is 1. The summed E-state index contributed by atoms with van der Waals surface area (Å²) in [5.41, 5.74) is -1.82. The molecule has 0 spiro atoms. The standard InChI is InChI=1S/C11H5BrF4N6/c12-8-2-6(13)1-7(11(14,15)16)9(8)18-4-5(3-17)10-19-21-22-20-10/h1-2,4,18H,(H,19,20,21,22). The molecule has 1 aromatic carbocycles. The first-order valence-electron chi connectivity index (χ1n) is 5.49. The highest BCUT2D eigenvalue weighted by Gasteiger charge is 2.35. The monoisotopic (exact) mass is 376 g/mol. The maximum atomic E-state index is 13.2. The zero-order valence-electron chi connectivity index (χ0n) is 10.4. The van der Waals surface area contributed by atoms with E-state index in [2.05, 4.69) is 41.9 Å². The number of hydrogen-bond acceptors (Lipinski definition) is 5. The van der Waals surface area contributed by atoms with Gasteiger partial charge in [-0.3, -0.25) is 0 Å². The molecule has 114 valence electrons. The van der Waals surface area contributed by atoms with E-state index in [-0.39, 0.29) is 15.9 Å². The molecule has 1 heterocycles. The van der Waals surface area contributed by atoms with E-state index in [0.717, 1.165) is 12.3 Å². The zero-order valence-corrected chi connectivity index (χ0v) is 12.0. The Labute approximate surface area is 129 Å². The Morgan fingerprint density at radius 1 is 1.41 bits per heavy atom. The minimum Gasteiger partial charge on any atom is -0.359 e. The van der Waals surface area contributed by atoms with Crippen LogP contribution in [0.4, 0.5) is 23.2 Å². The second-order valence-electron chi connectivity index (χ2n) is 3.86. The first kappa shape index (κ1) is 15.9. The molecule has 0 atom stereocenters. The minimum atomic E-state index is -4.78. The first-order chi connectivity index (χ1) is 10.3. The number of anilines is 1. The van der Waals surface area contributed by atoms with E-state index >= 15 is 0 Å². The van der Waals surface area contributed by atoms with E-state index < -0.39 is 23.2 Å². The maximum Gasteiger partial charge on any atom is 0.418 e. The van der Waals surface area contributed by atoms with Crippen molar-refractivity contribution in [2.75, 3.05) is 5.32 Å². The lowest BCUT2D eigenvalue weighted by Gasteiger charge is -2.14. The Morgan fingerprint density at radius 3 is 2.68 bits per heavy atom. The fourth-order valence-corrected chi connectivity index (χ4v) is 2.06. The summed E-state index contributed by atoms with van der Waals surface area (Å²) in [7, 11) is 0. The molecule has 6 nitrogen and oxygen atoms in total. The van der Waals surface area contributed by atoms with Gasteiger partial charge in [0, 0.05) is 10.7 Å². The van der Waals surface area contributed by atoms with Crippen LogP contribution < -0.4 is 5.32 Å². The number of nitrogens with zero attached hydrogens (tertiary/aromatic N) is 4. The highest BCUT2D eigenvalue weighted by molar-refractivity contribution is 9.10. The number of H-pyrrole nitrogens is 1. The molecular weight excluding hydrogens is 372 g/mol. The van der Waals surface area contributed by atoms with Crippen LogP contribution in [0.3, 0.4) is 0 Å². The van der Waals surface area contributed by atoms with Crippen LogP contribution in [0.15, 0.2) is 22.8 Å². The fourth-order valence-electron chi connectivity index (χ4n) is 1.51. The van der Waals surface area contributed by atoms with Crippen LogP contribution in [-0.4, -0.2) is 20.6 Å². The minimum absolute atomic E-state index is 0.0956. The topological polar surface area (TPSA) is 90.3 Å². The number of hydrogen-bond donors (Lipinski definition) is 2. The Balaban J connectivity index is 2.44. The van der Waals surface area contributed by atoms with Gasteiger partial charge < -0.3 is 5.32 Å². The van der Waals surface area contributed by atoms with Gasteiger partial charge in [0.15, 0.2) is 0 Å². The summed E-state index contributed by atoms with van der Waals surface area (Å²) in [5, 5.41) is 23.7. The number of allylic oxidation sites excluding steroid dienone is 1. The van der Waals surface area contributed by atoms with Crippen LogP contribution in [-0.2, 0) is 6.18 Å². The second kappa shape index (κ2) is 6.10. The normalized spacial score (nSPS) is 12.1. The number of aromatic nitrogens is 4. The van der Waals surface area contributed by atoms with Gasteiger partial charge in [-0.25, -0.2) is 4.39 Å². The third kappa shape index (κ3) is 3.40. The van der Waals surface area contributed by atoms with Gasteiger partial charge in [-0.05, 0) is 33.3 Å². The highest BCUT2D eigenvalue weighted by Crippen LogP contribution is 2.39. The van der Waals surface area contributed by atoms with Gasteiger partial charge in [-0.1, -0.05) is 0 Å². The van der Waals surface area contributed by atoms with Gasteiger partial charge in [0.2, 0.25) is 5.82 Å². The molecule has 1 aromatic heterocycles. The van der Waals surface area contributed by atoms with Crippen LogP contribution in [0.2, 0.25) is 0 Å². The van der Waals surface area contributed by atoms with E-state index in [4.69, 9.17) is 5.26 Å². The molecule has 0 amide bonds. The van der Waals surface area contributed by atoms with Gasteiger partial charge in [-0.15, -0.1) is 10.2 Å². The van der Waals surface area contributed by atoms with Crippen molar-refractivity contribution in [1.82, 2.24) is 20.6 Å². The third-order valence-electron chi connectivity index (χ3n) is 2.43. The Kier molecular flexibility index (Phi) is 4.41. The highest BCUT2D eigenvalue weighted by atomic mass is 79.9. The molecule has 2 N–H and O–H groups in total. The zero-order chi connectivity index (χ0) is 16.3. The van der Waals surface area contributed by atoms with Crippen molar-refractivity contribution < 1.29 is 17.6 Å². The number of benzene rings is 1. The van der Waals surface area contributed by atoms with Gasteiger partial charge >= 0.3 is 6.18 Å². The van der Waals surface area contributed by atoms with Gasteiger partial charge in [0.1, 0.15) is 17.5 Å². The molecule has 0 aliphatic carbocycles. The molecule has 0 radical (unpaired) electrons. The molecule has 2 rings (SSSR count). The summed E-state index contributed by atoms with van der Waals surface area (Å²) in [6, 6.07) is 2.92. The average Bonchev–Trinajstić information content (AvgIpc) is 2.94. The van der Waals surface area contributed by atoms with E-state index in [1.54, 1.807) is 6.07 Å². The Hall–Kier alpha value is -2.48. The molecule has 0 bridgehead atoms. The van der Waals surface area contributed by atoms with E-state index in [1.807, 2.05) is 0 Å². The number of tetrazole rings is 1. The quantitative estimate of drug-likeness (QED) is 0.634. The van der Waals surface area contributed by atoms with Crippen molar-refractivity contribution in [3.63, 3.8) is 0 Å². The predicted molar refractivity (Wildman–Crippen MR) is 70.5 cm³/mol. The Morgan fingerprint density at radius 2 is 2.14 bits per heavy atom. The van der Waals surface area contributed by atoms with Crippen LogP contribution in [0, 0.1) is 17.1 Å². The van der Waals surface area contributed by atoms with E-state index in [9.17, 15) is 17.6 Å². The van der Waals surface area contributed by atoms with Crippen LogP contribution in [0.5, 0.6) is 0 Å². The fraction of sp³-hybridized carbons (Fsp3) is 0.0909. The molecule has 0 unspecified atom stereocenters. The van der Waals surface area contributed by atoms with Gasteiger partial charge in [0.25, 0.3) is 0 Å². The van der Waals surface area contributed by atoms with Crippen LogP contribution in [0.25, 0.3) is 5.57 Å². The molecule has 0 saturated heterocycles. The van der Waals surface area contributed by atoms with Crippen molar-refractivity contribution in [2.24, 2.45) is 0 Å². The summed E-state index contributed by atoms with van der Waals surface area (Å²) < 4.78 is 51.8. The van der Waals surface area contributed by atoms with E-state index in [1.165, 1.54) is 0 Å². The SMILES string of the molecule is N#CC(=CNc1c(Br)cc(F)cc1C(F)(F)F)c1nn[nH]n1. The number of alkyl halides is 3. The maximum absolute atomic E-state index is 13.2. The molecular formula is C11H5BrF4N6. The van der Waals surface area contributed by atoms with Crippen LogP contribution >= 0.6 is 15.9 Å². The average molecular weight is 377 g/mol. The summed E-state index contributed by atoms with van der Waals surface area (Å²) in [5.74, 6) is -1.14. The molecule has 0 fully saturated rings. The molecule has 0 aliphatic rings. The van der Waals surface area contributed by atoms with Crippen molar-refractivity contribution in [1.29, 1.82) is 5.26 Å². The molecule has 22 heavy (non-hydrogen) atoms. The lowest BCUT2D eigenvalue weighted by molar-refractivity contribution is -0.137. The predicted octanol–water partition coefficient (Wildman–Crippen LogP) is 3.10. The van der Waals surface area contributed by atoms with Gasteiger partial charge in [-0.2, -0.15) is 23.6 Å². The first-order valence-corrected chi connectivity index (χ1v) is 6.29. The molecule has 0 saturated carbocycles. The van der Waals surface area contributed by atoms with E-state index in [0.29, 0.717) is 6.07 Å². The lowest BCUT2D eigenvalue weighted by atomic mass is 10.1. The third-order valence-corrected chi connectivity index (χ3v) is 3.05. The number of halogens is 5. The van der Waals surface area contributed by atoms with Crippen molar-refractivity contribution in [3.05, 3.63) is 40.0 Å². The molecule has 2 aromatic rings. The largest absolute Gasteiger partial charge is 0.418 e. The molecule has 11 heteroatoms. The lowest BCUT2D eigenvalue weighted by Crippen LogP contribution is -2.10. The van der Waals surface area contributed by atoms with Crippen molar-refractivity contribution in [3.8, 4) is 6.07 Å². The van der Waals surface area contributed by atoms with Crippen molar-refractivity contribution >= 4 is 27.2 Å². The number of nitrogens with one attached hydrogen (secondary N) is 2.